The maximum Gasteiger partial charge on any atom is 0.135 e. The predicted molar refractivity (Wildman–Crippen MR) is 91.1 cm³/mol. The van der Waals surface area contributed by atoms with Crippen molar-refractivity contribution in [1.82, 2.24) is 0 Å². The van der Waals surface area contributed by atoms with Crippen molar-refractivity contribution in [3.05, 3.63) is 42.0 Å². The second-order valence-electron chi connectivity index (χ2n) is 5.30. The molecule has 0 N–H and O–H groups in total. The van der Waals surface area contributed by atoms with Gasteiger partial charge in [0.1, 0.15) is 5.75 Å². The summed E-state index contributed by atoms with van der Waals surface area (Å²) >= 11 is 5.71. The summed E-state index contributed by atoms with van der Waals surface area (Å²) in [5.41, 5.74) is 0.942. The topological polar surface area (TPSA) is 9.23 Å². The minimum atomic E-state index is 0.328. The Hall–Kier alpha value is -1.65. The first-order valence-corrected chi connectivity index (χ1v) is 7.99. The van der Waals surface area contributed by atoms with E-state index in [0.717, 1.165) is 23.3 Å². The maximum absolute atomic E-state index is 6.01. The SMILES string of the molecule is CCCC(C)COc1ccc2ccccc2c1C#CCCl. The van der Waals surface area contributed by atoms with E-state index in [0.29, 0.717) is 11.8 Å². The van der Waals surface area contributed by atoms with Crippen molar-refractivity contribution in [2.24, 2.45) is 5.92 Å². The standard InChI is InChI=1S/C19H21ClO/c1-3-7-15(2)14-21-19-12-11-16-8-4-5-9-17(16)18(19)10-6-13-20/h4-5,8-9,11-12,15H,3,7,13-14H2,1-2H3. The zero-order valence-corrected chi connectivity index (χ0v) is 13.4. The molecule has 0 aliphatic carbocycles. The average Bonchev–Trinajstić information content (AvgIpc) is 2.51. The number of benzene rings is 2. The predicted octanol–water partition coefficient (Wildman–Crippen LogP) is 5.25. The number of rotatable bonds is 5. The molecule has 0 heterocycles. The van der Waals surface area contributed by atoms with Gasteiger partial charge in [-0.1, -0.05) is 62.4 Å². The van der Waals surface area contributed by atoms with Crippen LogP contribution in [0.15, 0.2) is 36.4 Å². The van der Waals surface area contributed by atoms with E-state index >= 15 is 0 Å². The molecule has 0 bridgehead atoms. The van der Waals surface area contributed by atoms with Crippen molar-refractivity contribution >= 4 is 22.4 Å². The number of fused-ring (bicyclic) bond motifs is 1. The number of hydrogen-bond acceptors (Lipinski definition) is 1. The lowest BCUT2D eigenvalue weighted by atomic mass is 10.0. The molecule has 0 amide bonds. The summed E-state index contributed by atoms with van der Waals surface area (Å²) in [6.45, 7) is 5.14. The van der Waals surface area contributed by atoms with Gasteiger partial charge in [-0.15, -0.1) is 11.6 Å². The van der Waals surface area contributed by atoms with Gasteiger partial charge in [-0.3, -0.25) is 0 Å². The fourth-order valence-corrected chi connectivity index (χ4v) is 2.50. The molecule has 2 aromatic carbocycles. The summed E-state index contributed by atoms with van der Waals surface area (Å²) in [5.74, 6) is 7.84. The van der Waals surface area contributed by atoms with E-state index in [1.807, 2.05) is 18.2 Å². The zero-order chi connectivity index (χ0) is 15.1. The summed E-state index contributed by atoms with van der Waals surface area (Å²) < 4.78 is 6.01. The van der Waals surface area contributed by atoms with Gasteiger partial charge >= 0.3 is 0 Å². The van der Waals surface area contributed by atoms with Crippen LogP contribution in [0.4, 0.5) is 0 Å². The van der Waals surface area contributed by atoms with Gasteiger partial charge in [-0.25, -0.2) is 0 Å². The van der Waals surface area contributed by atoms with Crippen LogP contribution in [-0.4, -0.2) is 12.5 Å². The third kappa shape index (κ3) is 4.16. The molecule has 0 aliphatic heterocycles. The molecule has 0 aliphatic rings. The highest BCUT2D eigenvalue weighted by molar-refractivity contribution is 6.19. The zero-order valence-electron chi connectivity index (χ0n) is 12.7. The van der Waals surface area contributed by atoms with E-state index in [1.54, 1.807) is 0 Å². The highest BCUT2D eigenvalue weighted by atomic mass is 35.5. The number of hydrogen-bond donors (Lipinski definition) is 0. The third-order valence-electron chi connectivity index (χ3n) is 3.48. The first-order chi connectivity index (χ1) is 10.3. The van der Waals surface area contributed by atoms with E-state index < -0.39 is 0 Å². The first kappa shape index (κ1) is 15.7. The molecule has 0 saturated carbocycles. The van der Waals surface area contributed by atoms with Crippen LogP contribution >= 0.6 is 11.6 Å². The lowest BCUT2D eigenvalue weighted by Gasteiger charge is -2.14. The molecule has 0 saturated heterocycles. The van der Waals surface area contributed by atoms with E-state index in [1.165, 1.54) is 18.2 Å². The molecule has 0 spiro atoms. The summed E-state index contributed by atoms with van der Waals surface area (Å²) in [4.78, 5) is 0. The number of ether oxygens (including phenoxy) is 1. The van der Waals surface area contributed by atoms with E-state index in [-0.39, 0.29) is 0 Å². The van der Waals surface area contributed by atoms with Crippen LogP contribution < -0.4 is 4.74 Å². The van der Waals surface area contributed by atoms with E-state index in [9.17, 15) is 0 Å². The molecule has 21 heavy (non-hydrogen) atoms. The molecule has 2 rings (SSSR count). The van der Waals surface area contributed by atoms with Gasteiger partial charge in [0, 0.05) is 5.39 Å². The fraction of sp³-hybridized carbons (Fsp3) is 0.368. The van der Waals surface area contributed by atoms with Crippen molar-refractivity contribution in [2.45, 2.75) is 26.7 Å². The van der Waals surface area contributed by atoms with Crippen molar-refractivity contribution in [3.8, 4) is 17.6 Å². The Morgan fingerprint density at radius 1 is 1.19 bits per heavy atom. The molecule has 1 nitrogen and oxygen atoms in total. The lowest BCUT2D eigenvalue weighted by Crippen LogP contribution is -2.09. The second kappa shape index (κ2) is 7.96. The van der Waals surface area contributed by atoms with Gasteiger partial charge in [0.25, 0.3) is 0 Å². The quantitative estimate of drug-likeness (QED) is 0.541. The summed E-state index contributed by atoms with van der Waals surface area (Å²) in [6, 6.07) is 12.3. The Kier molecular flexibility index (Phi) is 5.96. The first-order valence-electron chi connectivity index (χ1n) is 7.45. The molecule has 2 heteroatoms. The second-order valence-corrected chi connectivity index (χ2v) is 5.57. The van der Waals surface area contributed by atoms with Gasteiger partial charge in [0.05, 0.1) is 18.1 Å². The van der Waals surface area contributed by atoms with Crippen LogP contribution in [0.3, 0.4) is 0 Å². The minimum Gasteiger partial charge on any atom is -0.492 e. The molecule has 0 aromatic heterocycles. The van der Waals surface area contributed by atoms with Crippen molar-refractivity contribution in [3.63, 3.8) is 0 Å². The Balaban J connectivity index is 2.33. The van der Waals surface area contributed by atoms with E-state index in [2.05, 4.69) is 43.9 Å². The van der Waals surface area contributed by atoms with Crippen molar-refractivity contribution in [2.75, 3.05) is 12.5 Å². The van der Waals surface area contributed by atoms with E-state index in [4.69, 9.17) is 16.3 Å². The largest absolute Gasteiger partial charge is 0.492 e. The van der Waals surface area contributed by atoms with Gasteiger partial charge in [-0.2, -0.15) is 0 Å². The fourth-order valence-electron chi connectivity index (χ4n) is 2.43. The molecule has 1 unspecified atom stereocenters. The third-order valence-corrected chi connectivity index (χ3v) is 3.61. The van der Waals surface area contributed by atoms with Crippen LogP contribution in [0.5, 0.6) is 5.75 Å². The van der Waals surface area contributed by atoms with Crippen LogP contribution in [0.1, 0.15) is 32.3 Å². The molecule has 0 radical (unpaired) electrons. The summed E-state index contributed by atoms with van der Waals surface area (Å²) in [7, 11) is 0. The van der Waals surface area contributed by atoms with Crippen LogP contribution in [-0.2, 0) is 0 Å². The Bertz CT molecular complexity index is 651. The smallest absolute Gasteiger partial charge is 0.135 e. The summed E-state index contributed by atoms with van der Waals surface area (Å²) in [5, 5.41) is 2.29. The Morgan fingerprint density at radius 3 is 2.76 bits per heavy atom. The number of alkyl halides is 1. The van der Waals surface area contributed by atoms with Crippen LogP contribution in [0.2, 0.25) is 0 Å². The van der Waals surface area contributed by atoms with Gasteiger partial charge in [0.15, 0.2) is 0 Å². The highest BCUT2D eigenvalue weighted by Crippen LogP contribution is 2.28. The van der Waals surface area contributed by atoms with Crippen molar-refractivity contribution in [1.29, 1.82) is 0 Å². The Morgan fingerprint density at radius 2 is 2.00 bits per heavy atom. The minimum absolute atomic E-state index is 0.328. The van der Waals surface area contributed by atoms with Gasteiger partial charge in [-0.05, 0) is 23.8 Å². The molecule has 0 fully saturated rings. The van der Waals surface area contributed by atoms with Crippen LogP contribution in [0, 0.1) is 17.8 Å². The highest BCUT2D eigenvalue weighted by Gasteiger charge is 2.08. The molecular formula is C19H21ClO. The average molecular weight is 301 g/mol. The normalized spacial score (nSPS) is 11.8. The molecule has 2 aromatic rings. The molecular weight excluding hydrogens is 280 g/mol. The maximum atomic E-state index is 6.01. The van der Waals surface area contributed by atoms with Gasteiger partial charge < -0.3 is 4.74 Å². The summed E-state index contributed by atoms with van der Waals surface area (Å²) in [6.07, 6.45) is 2.36. The Labute approximate surface area is 132 Å². The van der Waals surface area contributed by atoms with Crippen molar-refractivity contribution < 1.29 is 4.74 Å². The molecule has 110 valence electrons. The lowest BCUT2D eigenvalue weighted by molar-refractivity contribution is 0.251. The van der Waals surface area contributed by atoms with Crippen LogP contribution in [0.25, 0.3) is 10.8 Å². The number of halogens is 1. The monoisotopic (exact) mass is 300 g/mol. The molecule has 1 atom stereocenters. The van der Waals surface area contributed by atoms with Gasteiger partial charge in [0.2, 0.25) is 0 Å².